The Hall–Kier alpha value is -1.20. The van der Waals surface area contributed by atoms with Crippen LogP contribution in [0.3, 0.4) is 0 Å². The van der Waals surface area contributed by atoms with Crippen LogP contribution in [-0.4, -0.2) is 23.1 Å². The lowest BCUT2D eigenvalue weighted by atomic mass is 10.0. The van der Waals surface area contributed by atoms with Crippen LogP contribution >= 0.6 is 11.3 Å². The fourth-order valence-electron chi connectivity index (χ4n) is 2.42. The molecule has 2 rings (SSSR count). The molecule has 5 heteroatoms. The summed E-state index contributed by atoms with van der Waals surface area (Å²) in [6.07, 6.45) is 0.848. The highest BCUT2D eigenvalue weighted by molar-refractivity contribution is 7.18. The Morgan fingerprint density at radius 1 is 1.19 bits per heavy atom. The van der Waals surface area contributed by atoms with Gasteiger partial charge in [0.2, 0.25) is 0 Å². The molecule has 2 aromatic heterocycles. The van der Waals surface area contributed by atoms with Crippen LogP contribution in [0.4, 0.5) is 5.82 Å². The molecule has 116 valence electrons. The molecule has 0 amide bonds. The van der Waals surface area contributed by atoms with Gasteiger partial charge in [0.05, 0.1) is 5.39 Å². The lowest BCUT2D eigenvalue weighted by Crippen LogP contribution is -2.28. The number of nitrogens with zero attached hydrogens (tertiary/aromatic N) is 2. The molecular formula is C16H25N3OS. The molecule has 0 bridgehead atoms. The molecule has 1 unspecified atom stereocenters. The van der Waals surface area contributed by atoms with Crippen molar-refractivity contribution in [2.75, 3.05) is 18.5 Å². The van der Waals surface area contributed by atoms with Gasteiger partial charge in [0, 0.05) is 18.0 Å². The number of aryl methyl sites for hydroxylation is 2. The highest BCUT2D eigenvalue weighted by Crippen LogP contribution is 2.36. The van der Waals surface area contributed by atoms with Crippen molar-refractivity contribution < 1.29 is 4.74 Å². The summed E-state index contributed by atoms with van der Waals surface area (Å²) in [5.74, 6) is 1.70. The summed E-state index contributed by atoms with van der Waals surface area (Å²) >= 11 is 1.73. The second-order valence-electron chi connectivity index (χ2n) is 5.41. The number of nitrogens with one attached hydrogen (secondary N) is 1. The molecule has 0 aliphatic carbocycles. The van der Waals surface area contributed by atoms with Gasteiger partial charge in [-0.1, -0.05) is 6.92 Å². The maximum absolute atomic E-state index is 5.94. The largest absolute Gasteiger partial charge is 0.370 e. The van der Waals surface area contributed by atoms with E-state index in [4.69, 9.17) is 14.7 Å². The maximum atomic E-state index is 5.94. The van der Waals surface area contributed by atoms with Crippen molar-refractivity contribution in [2.24, 2.45) is 0 Å². The zero-order valence-corrected chi connectivity index (χ0v) is 14.6. The van der Waals surface area contributed by atoms with Crippen LogP contribution in [-0.2, 0) is 10.3 Å². The molecular weight excluding hydrogens is 282 g/mol. The fourth-order valence-corrected chi connectivity index (χ4v) is 3.45. The van der Waals surface area contributed by atoms with Crippen LogP contribution in [0.15, 0.2) is 0 Å². The molecule has 2 aromatic rings. The molecule has 4 nitrogen and oxygen atoms in total. The molecule has 0 aromatic carbocycles. The van der Waals surface area contributed by atoms with Gasteiger partial charge in [-0.05, 0) is 46.6 Å². The van der Waals surface area contributed by atoms with E-state index in [0.29, 0.717) is 6.61 Å². The molecule has 1 N–H and O–H groups in total. The molecule has 0 fully saturated rings. The summed E-state index contributed by atoms with van der Waals surface area (Å²) in [6.45, 7) is 14.1. The summed E-state index contributed by atoms with van der Waals surface area (Å²) in [5.41, 5.74) is 0.839. The smallest absolute Gasteiger partial charge is 0.163 e. The van der Waals surface area contributed by atoms with Gasteiger partial charge in [0.25, 0.3) is 0 Å². The van der Waals surface area contributed by atoms with Crippen LogP contribution in [0, 0.1) is 13.8 Å². The lowest BCUT2D eigenvalue weighted by molar-refractivity contribution is -0.0386. The van der Waals surface area contributed by atoms with E-state index in [9.17, 15) is 0 Å². The minimum atomic E-state index is -0.432. The third kappa shape index (κ3) is 2.90. The fraction of sp³-hybridized carbons (Fsp3) is 0.625. The Morgan fingerprint density at radius 2 is 1.90 bits per heavy atom. The van der Waals surface area contributed by atoms with Gasteiger partial charge < -0.3 is 10.1 Å². The van der Waals surface area contributed by atoms with Gasteiger partial charge in [-0.15, -0.1) is 11.3 Å². The number of hydrogen-bond donors (Lipinski definition) is 1. The molecule has 21 heavy (non-hydrogen) atoms. The van der Waals surface area contributed by atoms with Crippen molar-refractivity contribution in [1.29, 1.82) is 0 Å². The van der Waals surface area contributed by atoms with Gasteiger partial charge >= 0.3 is 0 Å². The van der Waals surface area contributed by atoms with E-state index in [1.165, 1.54) is 10.4 Å². The Kier molecular flexibility index (Phi) is 4.84. The maximum Gasteiger partial charge on any atom is 0.163 e. The van der Waals surface area contributed by atoms with E-state index in [2.05, 4.69) is 39.9 Å². The van der Waals surface area contributed by atoms with E-state index in [-0.39, 0.29) is 0 Å². The summed E-state index contributed by atoms with van der Waals surface area (Å²) in [4.78, 5) is 11.9. The molecule has 0 saturated carbocycles. The standard InChI is InChI=1S/C16H25N3OS/c1-7-16(6,20-9-3)15-18-13(17-8-2)12-10(4)11(5)21-14(12)19-15/h7-9H2,1-6H3,(H,17,18,19). The van der Waals surface area contributed by atoms with Crippen molar-refractivity contribution in [3.63, 3.8) is 0 Å². The van der Waals surface area contributed by atoms with Crippen molar-refractivity contribution >= 4 is 27.4 Å². The lowest BCUT2D eigenvalue weighted by Gasteiger charge is -2.27. The second kappa shape index (κ2) is 6.28. The summed E-state index contributed by atoms with van der Waals surface area (Å²) in [7, 11) is 0. The minimum absolute atomic E-state index is 0.432. The average molecular weight is 307 g/mol. The van der Waals surface area contributed by atoms with Crippen molar-refractivity contribution in [3.8, 4) is 0 Å². The topological polar surface area (TPSA) is 47.0 Å². The summed E-state index contributed by atoms with van der Waals surface area (Å²) < 4.78 is 5.94. The zero-order valence-electron chi connectivity index (χ0n) is 13.8. The third-order valence-electron chi connectivity index (χ3n) is 3.98. The van der Waals surface area contributed by atoms with Gasteiger partial charge in [-0.3, -0.25) is 0 Å². The minimum Gasteiger partial charge on any atom is -0.370 e. The number of ether oxygens (including phenoxy) is 1. The first-order valence-corrected chi connectivity index (χ1v) is 8.44. The molecule has 0 aliphatic heterocycles. The number of aromatic nitrogens is 2. The van der Waals surface area contributed by atoms with Crippen LogP contribution in [0.25, 0.3) is 10.2 Å². The van der Waals surface area contributed by atoms with Crippen LogP contribution in [0.2, 0.25) is 0 Å². The zero-order chi connectivity index (χ0) is 15.6. The van der Waals surface area contributed by atoms with Crippen molar-refractivity contribution in [3.05, 3.63) is 16.3 Å². The van der Waals surface area contributed by atoms with E-state index in [1.807, 2.05) is 6.92 Å². The summed E-state index contributed by atoms with van der Waals surface area (Å²) in [6, 6.07) is 0. The van der Waals surface area contributed by atoms with E-state index in [1.54, 1.807) is 11.3 Å². The Bertz CT molecular complexity index is 638. The van der Waals surface area contributed by atoms with Crippen LogP contribution in [0.1, 0.15) is 50.4 Å². The Balaban J connectivity index is 2.66. The van der Waals surface area contributed by atoms with Gasteiger partial charge in [-0.25, -0.2) is 9.97 Å². The molecule has 0 aliphatic rings. The van der Waals surface area contributed by atoms with E-state index in [0.717, 1.165) is 34.8 Å². The number of hydrogen-bond acceptors (Lipinski definition) is 5. The van der Waals surface area contributed by atoms with E-state index < -0.39 is 5.60 Å². The van der Waals surface area contributed by atoms with Crippen LogP contribution in [0.5, 0.6) is 0 Å². The van der Waals surface area contributed by atoms with Crippen molar-refractivity contribution in [1.82, 2.24) is 9.97 Å². The first kappa shape index (κ1) is 16.2. The van der Waals surface area contributed by atoms with Crippen molar-refractivity contribution in [2.45, 2.75) is 53.6 Å². The summed E-state index contributed by atoms with van der Waals surface area (Å²) in [5, 5.41) is 4.53. The normalized spacial score (nSPS) is 14.4. The second-order valence-corrected chi connectivity index (χ2v) is 6.61. The number of rotatable bonds is 6. The first-order chi connectivity index (χ1) is 9.96. The highest BCUT2D eigenvalue weighted by atomic mass is 32.1. The van der Waals surface area contributed by atoms with Crippen LogP contribution < -0.4 is 5.32 Å². The molecule has 0 saturated heterocycles. The predicted octanol–water partition coefficient (Wildman–Crippen LogP) is 4.40. The molecule has 1 atom stereocenters. The quantitative estimate of drug-likeness (QED) is 0.859. The SMILES string of the molecule is CCNc1nc(C(C)(CC)OCC)nc2sc(C)c(C)c12. The molecule has 0 radical (unpaired) electrons. The first-order valence-electron chi connectivity index (χ1n) is 7.62. The number of anilines is 1. The Labute approximate surface area is 131 Å². The van der Waals surface area contributed by atoms with Gasteiger partial charge in [0.15, 0.2) is 5.82 Å². The third-order valence-corrected chi connectivity index (χ3v) is 5.08. The highest BCUT2D eigenvalue weighted by Gasteiger charge is 2.30. The van der Waals surface area contributed by atoms with Gasteiger partial charge in [-0.2, -0.15) is 0 Å². The Morgan fingerprint density at radius 3 is 2.48 bits per heavy atom. The molecule has 2 heterocycles. The number of thiophene rings is 1. The molecule has 0 spiro atoms. The van der Waals surface area contributed by atoms with E-state index >= 15 is 0 Å². The average Bonchev–Trinajstić information content (AvgIpc) is 2.74. The monoisotopic (exact) mass is 307 g/mol. The number of fused-ring (bicyclic) bond motifs is 1. The van der Waals surface area contributed by atoms with Gasteiger partial charge in [0.1, 0.15) is 16.2 Å². The predicted molar refractivity (Wildman–Crippen MR) is 90.3 cm³/mol.